The van der Waals surface area contributed by atoms with Crippen LogP contribution in [0.4, 0.5) is 0 Å². The predicted molar refractivity (Wildman–Crippen MR) is 120 cm³/mol. The lowest BCUT2D eigenvalue weighted by molar-refractivity contribution is -0.142. The molecule has 0 aromatic heterocycles. The van der Waals surface area contributed by atoms with Crippen LogP contribution < -0.4 is 5.32 Å². The third kappa shape index (κ3) is 20.2. The highest BCUT2D eigenvalue weighted by Gasteiger charge is 2.22. The van der Waals surface area contributed by atoms with Crippen LogP contribution in [-0.4, -0.2) is 43.0 Å². The van der Waals surface area contributed by atoms with Gasteiger partial charge in [0.15, 0.2) is 13.4 Å². The van der Waals surface area contributed by atoms with E-state index in [1.54, 1.807) is 0 Å². The Hall–Kier alpha value is -0.870. The van der Waals surface area contributed by atoms with E-state index in [0.29, 0.717) is 6.42 Å². The topological polar surface area (TPSA) is 92.7 Å². The molecule has 0 saturated carbocycles. The van der Waals surface area contributed by atoms with E-state index in [0.717, 1.165) is 19.3 Å². The lowest BCUT2D eigenvalue weighted by atomic mass is 10.0. The summed E-state index contributed by atoms with van der Waals surface area (Å²) in [6.07, 6.45) is 17.8. The molecule has 0 aliphatic carbocycles. The molecule has 0 rings (SSSR count). The molecule has 0 bridgehead atoms. The van der Waals surface area contributed by atoms with Crippen LogP contribution in [0.5, 0.6) is 0 Å². The van der Waals surface area contributed by atoms with E-state index in [2.05, 4.69) is 12.2 Å². The molecule has 2 N–H and O–H groups in total. The quantitative estimate of drug-likeness (QED) is 0.182. The molecule has 1 amide bonds. The molecule has 6 nitrogen and oxygen atoms in total. The Morgan fingerprint density at radius 1 is 0.828 bits per heavy atom. The van der Waals surface area contributed by atoms with Crippen molar-refractivity contribution < 1.29 is 23.8 Å². The van der Waals surface area contributed by atoms with Crippen LogP contribution >= 0.6 is 7.37 Å². The molecular formula is C22H44NO5P. The first-order chi connectivity index (χ1) is 13.8. The summed E-state index contributed by atoms with van der Waals surface area (Å²) in [4.78, 5) is 23.1. The van der Waals surface area contributed by atoms with Gasteiger partial charge >= 0.3 is 5.97 Å². The minimum Gasteiger partial charge on any atom is -0.480 e. The van der Waals surface area contributed by atoms with Crippen LogP contribution in [0.25, 0.3) is 0 Å². The summed E-state index contributed by atoms with van der Waals surface area (Å²) >= 11 is 0. The first-order valence-corrected chi connectivity index (χ1v) is 14.0. The van der Waals surface area contributed by atoms with Crippen LogP contribution in [0.3, 0.4) is 0 Å². The standard InChI is InChI=1S/C22H44NO5P/c1-4-5-6-7-8-9-10-11-12-13-14-15-16-17-18-21(24)23-20(22(25)26)19-28-29(2,3)27/h20H,4-19H2,1-3H3,(H,23,24)(H,25,26)/t20-/m0/s1. The van der Waals surface area contributed by atoms with Crippen molar-refractivity contribution in [3.8, 4) is 0 Å². The van der Waals surface area contributed by atoms with Crippen LogP contribution in [0.1, 0.15) is 103 Å². The normalized spacial score (nSPS) is 12.7. The highest BCUT2D eigenvalue weighted by molar-refractivity contribution is 7.57. The molecule has 172 valence electrons. The van der Waals surface area contributed by atoms with E-state index < -0.39 is 19.4 Å². The summed E-state index contributed by atoms with van der Waals surface area (Å²) in [5, 5.41) is 11.6. The highest BCUT2D eigenvalue weighted by Crippen LogP contribution is 2.37. The Balaban J connectivity index is 3.56. The van der Waals surface area contributed by atoms with Crippen molar-refractivity contribution in [1.29, 1.82) is 0 Å². The van der Waals surface area contributed by atoms with Crippen LogP contribution in [-0.2, 0) is 18.7 Å². The van der Waals surface area contributed by atoms with Crippen molar-refractivity contribution in [1.82, 2.24) is 5.32 Å². The van der Waals surface area contributed by atoms with Crippen LogP contribution in [0.15, 0.2) is 0 Å². The van der Waals surface area contributed by atoms with Gasteiger partial charge in [-0.3, -0.25) is 9.36 Å². The second-order valence-electron chi connectivity index (χ2n) is 8.35. The molecule has 0 aliphatic rings. The molecular weight excluding hydrogens is 389 g/mol. The van der Waals surface area contributed by atoms with Gasteiger partial charge in [0.2, 0.25) is 5.91 Å². The number of unbranched alkanes of at least 4 members (excludes halogenated alkanes) is 13. The smallest absolute Gasteiger partial charge is 0.328 e. The maximum Gasteiger partial charge on any atom is 0.328 e. The first-order valence-electron chi connectivity index (χ1n) is 11.5. The third-order valence-electron chi connectivity index (χ3n) is 4.94. The first kappa shape index (κ1) is 28.1. The number of hydrogen-bond acceptors (Lipinski definition) is 4. The SMILES string of the molecule is CCCCCCCCCCCCCCCCC(=O)N[C@@H](COP(C)(C)=O)C(=O)O. The monoisotopic (exact) mass is 433 g/mol. The Labute approximate surface area is 178 Å². The summed E-state index contributed by atoms with van der Waals surface area (Å²) in [7, 11) is -2.77. The molecule has 0 radical (unpaired) electrons. The van der Waals surface area contributed by atoms with Crippen molar-refractivity contribution in [2.45, 2.75) is 109 Å². The average molecular weight is 434 g/mol. The zero-order valence-corrected chi connectivity index (χ0v) is 19.8. The number of carboxylic acid groups (broad SMARTS) is 1. The molecule has 1 atom stereocenters. The van der Waals surface area contributed by atoms with Gasteiger partial charge in [0, 0.05) is 19.8 Å². The Bertz CT molecular complexity index is 478. The van der Waals surface area contributed by atoms with Gasteiger partial charge in [0.05, 0.1) is 6.61 Å². The van der Waals surface area contributed by atoms with Gasteiger partial charge < -0.3 is 14.9 Å². The van der Waals surface area contributed by atoms with E-state index in [-0.39, 0.29) is 12.5 Å². The number of rotatable bonds is 20. The number of aliphatic carboxylic acids is 1. The number of carbonyl (C=O) groups excluding carboxylic acids is 1. The van der Waals surface area contributed by atoms with E-state index in [1.165, 1.54) is 84.0 Å². The number of carbonyl (C=O) groups is 2. The lowest BCUT2D eigenvalue weighted by Crippen LogP contribution is -2.43. The van der Waals surface area contributed by atoms with Gasteiger partial charge in [-0.1, -0.05) is 90.4 Å². The summed E-state index contributed by atoms with van der Waals surface area (Å²) in [5.41, 5.74) is 0. The van der Waals surface area contributed by atoms with E-state index in [9.17, 15) is 14.2 Å². The van der Waals surface area contributed by atoms with Crippen molar-refractivity contribution in [2.75, 3.05) is 19.9 Å². The zero-order chi connectivity index (χ0) is 22.0. The van der Waals surface area contributed by atoms with Crippen molar-refractivity contribution in [2.24, 2.45) is 0 Å². The van der Waals surface area contributed by atoms with Gasteiger partial charge in [0.1, 0.15) is 0 Å². The zero-order valence-electron chi connectivity index (χ0n) is 18.9. The predicted octanol–water partition coefficient (Wildman–Crippen LogP) is 5.98. The molecule has 0 aromatic rings. The summed E-state index contributed by atoms with van der Waals surface area (Å²) in [5.74, 6) is -1.46. The third-order valence-corrected chi connectivity index (χ3v) is 5.71. The average Bonchev–Trinajstić information content (AvgIpc) is 2.64. The summed E-state index contributed by atoms with van der Waals surface area (Å²) in [6, 6.07) is -1.15. The Morgan fingerprint density at radius 2 is 1.24 bits per heavy atom. The number of nitrogens with one attached hydrogen (secondary N) is 1. The Morgan fingerprint density at radius 3 is 1.62 bits per heavy atom. The maximum atomic E-state index is 11.9. The fourth-order valence-corrected chi connectivity index (χ4v) is 3.68. The molecule has 0 aromatic carbocycles. The van der Waals surface area contributed by atoms with E-state index >= 15 is 0 Å². The van der Waals surface area contributed by atoms with Crippen molar-refractivity contribution >= 4 is 19.2 Å². The van der Waals surface area contributed by atoms with E-state index in [1.807, 2.05) is 0 Å². The van der Waals surface area contributed by atoms with Gasteiger partial charge in [-0.25, -0.2) is 4.79 Å². The molecule has 0 spiro atoms. The molecule has 7 heteroatoms. The summed E-state index contributed by atoms with van der Waals surface area (Å²) < 4.78 is 16.6. The lowest BCUT2D eigenvalue weighted by Gasteiger charge is -2.16. The second kappa shape index (κ2) is 17.9. The van der Waals surface area contributed by atoms with Crippen LogP contribution in [0.2, 0.25) is 0 Å². The van der Waals surface area contributed by atoms with Crippen molar-refractivity contribution in [3.63, 3.8) is 0 Å². The minimum absolute atomic E-state index is 0.274. The highest BCUT2D eigenvalue weighted by atomic mass is 31.2. The van der Waals surface area contributed by atoms with E-state index in [4.69, 9.17) is 9.63 Å². The molecule has 0 saturated heterocycles. The number of amides is 1. The second-order valence-corrected chi connectivity index (χ2v) is 11.1. The maximum absolute atomic E-state index is 11.9. The minimum atomic E-state index is -2.77. The van der Waals surface area contributed by atoms with Crippen molar-refractivity contribution in [3.05, 3.63) is 0 Å². The number of carboxylic acids is 1. The van der Waals surface area contributed by atoms with Gasteiger partial charge in [-0.05, 0) is 6.42 Å². The van der Waals surface area contributed by atoms with Gasteiger partial charge in [-0.15, -0.1) is 0 Å². The van der Waals surface area contributed by atoms with Crippen LogP contribution in [0, 0.1) is 0 Å². The largest absolute Gasteiger partial charge is 0.480 e. The Kier molecular flexibility index (Phi) is 17.4. The fraction of sp³-hybridized carbons (Fsp3) is 0.909. The van der Waals surface area contributed by atoms with Gasteiger partial charge in [0.25, 0.3) is 0 Å². The van der Waals surface area contributed by atoms with Gasteiger partial charge in [-0.2, -0.15) is 0 Å². The summed E-state index contributed by atoms with van der Waals surface area (Å²) in [6.45, 7) is 4.81. The number of hydrogen-bond donors (Lipinski definition) is 2. The molecule has 0 aliphatic heterocycles. The molecule has 0 fully saturated rings. The molecule has 0 unspecified atom stereocenters. The fourth-order valence-electron chi connectivity index (χ4n) is 3.18. The molecule has 0 heterocycles. The molecule has 29 heavy (non-hydrogen) atoms.